The molecule has 0 aromatic heterocycles. The number of ether oxygens (including phenoxy) is 1. The molecular formula is C28H36FN5O4. The fraction of sp³-hybridized carbons (Fsp3) is 0.464. The van der Waals surface area contributed by atoms with E-state index in [0.29, 0.717) is 45.0 Å². The lowest BCUT2D eigenvalue weighted by atomic mass is 10.1. The molecular weight excluding hydrogens is 489 g/mol. The Hall–Kier alpha value is -3.66. The van der Waals surface area contributed by atoms with Crippen molar-refractivity contribution in [1.82, 2.24) is 9.80 Å². The Labute approximate surface area is 222 Å². The van der Waals surface area contributed by atoms with Gasteiger partial charge in [0.1, 0.15) is 5.82 Å². The molecule has 10 heteroatoms. The van der Waals surface area contributed by atoms with Crippen LogP contribution in [0.3, 0.4) is 0 Å². The summed E-state index contributed by atoms with van der Waals surface area (Å²) in [7, 11) is 1.58. The molecule has 0 radical (unpaired) electrons. The van der Waals surface area contributed by atoms with Crippen molar-refractivity contribution in [3.05, 3.63) is 54.3 Å². The maximum absolute atomic E-state index is 13.8. The number of carbonyl (C=O) groups is 3. The topological polar surface area (TPSA) is 94.2 Å². The van der Waals surface area contributed by atoms with Gasteiger partial charge in [0.2, 0.25) is 11.8 Å². The Morgan fingerprint density at radius 2 is 1.66 bits per heavy atom. The van der Waals surface area contributed by atoms with Gasteiger partial charge in [-0.3, -0.25) is 9.59 Å². The number of nitrogens with zero attached hydrogens (tertiary/aromatic N) is 3. The Kier molecular flexibility index (Phi) is 9.53. The normalized spacial score (nSPS) is 15.8. The lowest BCUT2D eigenvalue weighted by Crippen LogP contribution is -2.50. The predicted octanol–water partition coefficient (Wildman–Crippen LogP) is 3.78. The van der Waals surface area contributed by atoms with E-state index in [0.717, 1.165) is 31.4 Å². The molecule has 2 aliphatic rings. The Morgan fingerprint density at radius 3 is 2.32 bits per heavy atom. The highest BCUT2D eigenvalue weighted by atomic mass is 19.1. The van der Waals surface area contributed by atoms with Gasteiger partial charge in [-0.15, -0.1) is 0 Å². The van der Waals surface area contributed by atoms with Crippen LogP contribution in [0.5, 0.6) is 0 Å². The average Bonchev–Trinajstić information content (AvgIpc) is 3.48. The van der Waals surface area contributed by atoms with E-state index in [-0.39, 0.29) is 36.0 Å². The lowest BCUT2D eigenvalue weighted by Gasteiger charge is -2.36. The van der Waals surface area contributed by atoms with E-state index in [1.54, 1.807) is 29.0 Å². The minimum atomic E-state index is -0.463. The minimum absolute atomic E-state index is 0.00263. The molecule has 0 spiro atoms. The van der Waals surface area contributed by atoms with Gasteiger partial charge in [0.15, 0.2) is 0 Å². The minimum Gasteiger partial charge on any atom is -0.383 e. The van der Waals surface area contributed by atoms with Gasteiger partial charge in [0.05, 0.1) is 18.8 Å². The number of benzene rings is 2. The van der Waals surface area contributed by atoms with Gasteiger partial charge in [0.25, 0.3) is 0 Å². The molecule has 1 heterocycles. The Morgan fingerprint density at radius 1 is 0.974 bits per heavy atom. The highest BCUT2D eigenvalue weighted by Crippen LogP contribution is 2.26. The number of methoxy groups -OCH3 is 1. The van der Waals surface area contributed by atoms with Crippen LogP contribution >= 0.6 is 0 Å². The number of carbonyl (C=O) groups excluding carboxylic acids is 3. The quantitative estimate of drug-likeness (QED) is 0.520. The van der Waals surface area contributed by atoms with Gasteiger partial charge in [0, 0.05) is 57.1 Å². The fourth-order valence-corrected chi connectivity index (χ4v) is 4.95. The molecule has 38 heavy (non-hydrogen) atoms. The summed E-state index contributed by atoms with van der Waals surface area (Å²) in [6.45, 7) is 3.05. The van der Waals surface area contributed by atoms with E-state index in [4.69, 9.17) is 4.74 Å². The number of urea groups is 1. The van der Waals surface area contributed by atoms with E-state index in [9.17, 15) is 18.8 Å². The number of amides is 4. The predicted molar refractivity (Wildman–Crippen MR) is 145 cm³/mol. The van der Waals surface area contributed by atoms with Crippen LogP contribution in [-0.4, -0.2) is 80.6 Å². The zero-order chi connectivity index (χ0) is 26.9. The van der Waals surface area contributed by atoms with E-state index < -0.39 is 5.82 Å². The first kappa shape index (κ1) is 27.4. The summed E-state index contributed by atoms with van der Waals surface area (Å²) in [5.41, 5.74) is 1.80. The van der Waals surface area contributed by atoms with Gasteiger partial charge in [-0.2, -0.15) is 0 Å². The van der Waals surface area contributed by atoms with Crippen molar-refractivity contribution in [2.45, 2.75) is 25.7 Å². The largest absolute Gasteiger partial charge is 0.383 e. The molecule has 1 aliphatic carbocycles. The zero-order valence-electron chi connectivity index (χ0n) is 21.8. The smallest absolute Gasteiger partial charge is 0.322 e. The molecule has 2 aromatic carbocycles. The molecule has 204 valence electrons. The average molecular weight is 526 g/mol. The van der Waals surface area contributed by atoms with E-state index in [1.165, 1.54) is 12.1 Å². The first-order valence-electron chi connectivity index (χ1n) is 13.2. The standard InChI is InChI=1S/C28H36FN5O4/c1-38-19-18-34(27(36)21-6-2-3-7-21)20-26(35)30-22-10-12-23(13-11-22)32-14-16-33(17-15-32)28(37)31-25-9-5-4-8-24(25)29/h4-5,8-13,21H,2-3,6-7,14-20H2,1H3,(H,30,35)(H,31,37). The van der Waals surface area contributed by atoms with Crippen LogP contribution in [0.2, 0.25) is 0 Å². The molecule has 1 saturated carbocycles. The van der Waals surface area contributed by atoms with Gasteiger partial charge in [-0.05, 0) is 49.2 Å². The van der Waals surface area contributed by atoms with Gasteiger partial charge < -0.3 is 30.1 Å². The third-order valence-corrected chi connectivity index (χ3v) is 7.11. The molecule has 1 aliphatic heterocycles. The molecule has 2 aromatic rings. The van der Waals surface area contributed by atoms with Crippen molar-refractivity contribution in [3.8, 4) is 0 Å². The summed E-state index contributed by atoms with van der Waals surface area (Å²) < 4.78 is 19.0. The molecule has 4 rings (SSSR count). The van der Waals surface area contributed by atoms with Crippen LogP contribution in [0.4, 0.5) is 26.2 Å². The van der Waals surface area contributed by atoms with Crippen molar-refractivity contribution >= 4 is 34.9 Å². The van der Waals surface area contributed by atoms with Crippen molar-refractivity contribution in [3.63, 3.8) is 0 Å². The van der Waals surface area contributed by atoms with Crippen LogP contribution in [0.25, 0.3) is 0 Å². The molecule has 2 fully saturated rings. The van der Waals surface area contributed by atoms with Crippen LogP contribution in [0, 0.1) is 11.7 Å². The first-order chi connectivity index (χ1) is 18.4. The summed E-state index contributed by atoms with van der Waals surface area (Å²) in [5, 5.41) is 5.52. The number of nitrogens with one attached hydrogen (secondary N) is 2. The zero-order valence-corrected chi connectivity index (χ0v) is 21.8. The van der Waals surface area contributed by atoms with Gasteiger partial charge >= 0.3 is 6.03 Å². The second kappa shape index (κ2) is 13.2. The monoisotopic (exact) mass is 525 g/mol. The van der Waals surface area contributed by atoms with Gasteiger partial charge in [-0.1, -0.05) is 25.0 Å². The summed E-state index contributed by atoms with van der Waals surface area (Å²) in [4.78, 5) is 43.5. The number of piperazine rings is 1. The van der Waals surface area contributed by atoms with Crippen molar-refractivity contribution < 1.29 is 23.5 Å². The van der Waals surface area contributed by atoms with E-state index >= 15 is 0 Å². The highest BCUT2D eigenvalue weighted by Gasteiger charge is 2.28. The molecule has 0 bridgehead atoms. The first-order valence-corrected chi connectivity index (χ1v) is 13.2. The Balaban J connectivity index is 1.26. The Bertz CT molecular complexity index is 1100. The number of anilines is 3. The van der Waals surface area contributed by atoms with Crippen LogP contribution in [-0.2, 0) is 14.3 Å². The van der Waals surface area contributed by atoms with E-state index in [1.807, 2.05) is 24.3 Å². The maximum atomic E-state index is 13.8. The molecule has 1 saturated heterocycles. The highest BCUT2D eigenvalue weighted by molar-refractivity contribution is 5.95. The summed E-state index contributed by atoms with van der Waals surface area (Å²) >= 11 is 0. The number of halogens is 1. The van der Waals surface area contributed by atoms with Crippen LogP contribution in [0.1, 0.15) is 25.7 Å². The van der Waals surface area contributed by atoms with Gasteiger partial charge in [-0.25, -0.2) is 9.18 Å². The van der Waals surface area contributed by atoms with Crippen molar-refractivity contribution in [1.29, 1.82) is 0 Å². The molecule has 9 nitrogen and oxygen atoms in total. The third-order valence-electron chi connectivity index (χ3n) is 7.11. The number of rotatable bonds is 9. The number of hydrogen-bond acceptors (Lipinski definition) is 5. The summed E-state index contributed by atoms with van der Waals surface area (Å²) in [6, 6.07) is 13.3. The van der Waals surface area contributed by atoms with Crippen molar-refractivity contribution in [2.24, 2.45) is 5.92 Å². The fourth-order valence-electron chi connectivity index (χ4n) is 4.95. The summed E-state index contributed by atoms with van der Waals surface area (Å²) in [5.74, 6) is -0.666. The second-order valence-electron chi connectivity index (χ2n) is 9.71. The molecule has 0 unspecified atom stereocenters. The number of hydrogen-bond donors (Lipinski definition) is 2. The molecule has 0 atom stereocenters. The van der Waals surface area contributed by atoms with E-state index in [2.05, 4.69) is 15.5 Å². The lowest BCUT2D eigenvalue weighted by molar-refractivity contribution is -0.138. The molecule has 4 amide bonds. The molecule has 2 N–H and O–H groups in total. The van der Waals surface area contributed by atoms with Crippen LogP contribution in [0.15, 0.2) is 48.5 Å². The third kappa shape index (κ3) is 7.22. The summed E-state index contributed by atoms with van der Waals surface area (Å²) in [6.07, 6.45) is 3.89. The van der Waals surface area contributed by atoms with Crippen LogP contribution < -0.4 is 15.5 Å². The van der Waals surface area contributed by atoms with Crippen molar-refractivity contribution in [2.75, 3.05) is 68.5 Å². The number of para-hydroxylation sites is 1. The second-order valence-corrected chi connectivity index (χ2v) is 9.71. The maximum Gasteiger partial charge on any atom is 0.322 e. The SMILES string of the molecule is COCCN(CC(=O)Nc1ccc(N2CCN(C(=O)Nc3ccccc3F)CC2)cc1)C(=O)C1CCCC1.